The van der Waals surface area contributed by atoms with Gasteiger partial charge in [-0.25, -0.2) is 4.39 Å². The van der Waals surface area contributed by atoms with Crippen LogP contribution in [0, 0.1) is 5.82 Å². The van der Waals surface area contributed by atoms with Crippen molar-refractivity contribution in [2.75, 3.05) is 7.11 Å². The maximum Gasteiger partial charge on any atom is 0.130 e. The molecular formula is C14H19FO2. The van der Waals surface area contributed by atoms with E-state index in [9.17, 15) is 9.18 Å². The molecule has 0 N–H and O–H groups in total. The van der Waals surface area contributed by atoms with E-state index < -0.39 is 0 Å². The second-order valence-corrected chi connectivity index (χ2v) is 4.57. The maximum atomic E-state index is 13.8. The summed E-state index contributed by atoms with van der Waals surface area (Å²) >= 11 is 0. The third-order valence-electron chi connectivity index (χ3n) is 2.95. The first-order valence-electron chi connectivity index (χ1n) is 5.82. The first-order chi connectivity index (χ1) is 8.01. The molecule has 0 saturated carbocycles. The normalized spacial score (nSPS) is 12.6. The Labute approximate surface area is 102 Å². The molecule has 3 heteroatoms. The molecular weight excluding hydrogens is 219 g/mol. The lowest BCUT2D eigenvalue weighted by Crippen LogP contribution is -2.03. The number of benzene rings is 1. The number of hydrogen-bond donors (Lipinski definition) is 0. The lowest BCUT2D eigenvalue weighted by atomic mass is 9.92. The molecule has 0 heterocycles. The molecule has 1 atom stereocenters. The summed E-state index contributed by atoms with van der Waals surface area (Å²) < 4.78 is 18.9. The van der Waals surface area contributed by atoms with Gasteiger partial charge in [0.25, 0.3) is 0 Å². The summed E-state index contributed by atoms with van der Waals surface area (Å²) in [5.41, 5.74) is 1.56. The summed E-state index contributed by atoms with van der Waals surface area (Å²) in [7, 11) is 1.51. The Morgan fingerprint density at radius 3 is 2.41 bits per heavy atom. The van der Waals surface area contributed by atoms with Crippen molar-refractivity contribution >= 4 is 6.29 Å². The van der Waals surface area contributed by atoms with Crippen molar-refractivity contribution in [1.82, 2.24) is 0 Å². The monoisotopic (exact) mass is 238 g/mol. The lowest BCUT2D eigenvalue weighted by Gasteiger charge is -2.17. The summed E-state index contributed by atoms with van der Waals surface area (Å²) in [4.78, 5) is 10.6. The second-order valence-electron chi connectivity index (χ2n) is 4.57. The average molecular weight is 238 g/mol. The molecule has 0 aliphatic heterocycles. The van der Waals surface area contributed by atoms with Crippen LogP contribution in [0.2, 0.25) is 0 Å². The van der Waals surface area contributed by atoms with Crippen LogP contribution in [0.4, 0.5) is 4.39 Å². The average Bonchev–Trinajstić information content (AvgIpc) is 2.28. The number of carbonyl (C=O) groups is 1. The van der Waals surface area contributed by atoms with Gasteiger partial charge in [0, 0.05) is 12.5 Å². The Hall–Kier alpha value is -1.38. The molecule has 0 spiro atoms. The molecule has 0 amide bonds. The highest BCUT2D eigenvalue weighted by atomic mass is 19.1. The van der Waals surface area contributed by atoms with Crippen LogP contribution >= 0.6 is 0 Å². The zero-order valence-corrected chi connectivity index (χ0v) is 10.8. The van der Waals surface area contributed by atoms with Crippen LogP contribution in [-0.2, 0) is 4.79 Å². The minimum atomic E-state index is -0.251. The summed E-state index contributed by atoms with van der Waals surface area (Å²) in [6.07, 6.45) is 1.29. The SMILES string of the molecule is COc1cc(F)c(C(C)C)cc1C(C)CC=O. The van der Waals surface area contributed by atoms with E-state index in [1.54, 1.807) is 0 Å². The van der Waals surface area contributed by atoms with Crippen molar-refractivity contribution in [2.24, 2.45) is 0 Å². The Morgan fingerprint density at radius 1 is 1.29 bits per heavy atom. The first kappa shape index (κ1) is 13.7. The van der Waals surface area contributed by atoms with Crippen LogP contribution in [0.3, 0.4) is 0 Å². The van der Waals surface area contributed by atoms with E-state index >= 15 is 0 Å². The van der Waals surface area contributed by atoms with E-state index in [-0.39, 0.29) is 17.7 Å². The topological polar surface area (TPSA) is 26.3 Å². The highest BCUT2D eigenvalue weighted by Crippen LogP contribution is 2.33. The standard InChI is InChI=1S/C14H19FO2/c1-9(2)11-7-12(10(3)5-6-16)14(17-4)8-13(11)15/h6-10H,5H2,1-4H3. The number of carbonyl (C=O) groups excluding carboxylic acids is 1. The van der Waals surface area contributed by atoms with Crippen LogP contribution in [-0.4, -0.2) is 13.4 Å². The molecule has 0 radical (unpaired) electrons. The maximum absolute atomic E-state index is 13.8. The zero-order valence-electron chi connectivity index (χ0n) is 10.8. The van der Waals surface area contributed by atoms with Gasteiger partial charge in [-0.3, -0.25) is 0 Å². The van der Waals surface area contributed by atoms with Gasteiger partial charge in [-0.1, -0.05) is 20.8 Å². The van der Waals surface area contributed by atoms with Gasteiger partial charge in [0.05, 0.1) is 7.11 Å². The molecule has 1 aromatic rings. The minimum Gasteiger partial charge on any atom is -0.496 e. The van der Waals surface area contributed by atoms with E-state index in [2.05, 4.69) is 0 Å². The smallest absolute Gasteiger partial charge is 0.130 e. The fraction of sp³-hybridized carbons (Fsp3) is 0.500. The Balaban J connectivity index is 3.25. The Bertz CT molecular complexity index is 399. The molecule has 17 heavy (non-hydrogen) atoms. The largest absolute Gasteiger partial charge is 0.496 e. The summed E-state index contributed by atoms with van der Waals surface area (Å²) in [5, 5.41) is 0. The van der Waals surface area contributed by atoms with Gasteiger partial charge in [-0.15, -0.1) is 0 Å². The highest BCUT2D eigenvalue weighted by molar-refractivity contribution is 5.53. The van der Waals surface area contributed by atoms with Gasteiger partial charge in [0.1, 0.15) is 17.9 Å². The van der Waals surface area contributed by atoms with Gasteiger partial charge in [0.15, 0.2) is 0 Å². The molecule has 2 nitrogen and oxygen atoms in total. The molecule has 0 bridgehead atoms. The van der Waals surface area contributed by atoms with Crippen LogP contribution in [0.1, 0.15) is 50.2 Å². The van der Waals surface area contributed by atoms with Crippen molar-refractivity contribution < 1.29 is 13.9 Å². The molecule has 0 aromatic heterocycles. The van der Waals surface area contributed by atoms with E-state index in [0.29, 0.717) is 17.7 Å². The lowest BCUT2D eigenvalue weighted by molar-refractivity contribution is -0.108. The second kappa shape index (κ2) is 5.80. The number of methoxy groups -OCH3 is 1. The van der Waals surface area contributed by atoms with E-state index in [0.717, 1.165) is 11.8 Å². The van der Waals surface area contributed by atoms with Crippen molar-refractivity contribution in [1.29, 1.82) is 0 Å². The van der Waals surface area contributed by atoms with E-state index in [1.165, 1.54) is 13.2 Å². The van der Waals surface area contributed by atoms with Crippen LogP contribution in [0.5, 0.6) is 5.75 Å². The minimum absolute atomic E-state index is 0.0422. The van der Waals surface area contributed by atoms with Crippen LogP contribution in [0.25, 0.3) is 0 Å². The van der Waals surface area contributed by atoms with Crippen LogP contribution < -0.4 is 4.74 Å². The molecule has 1 aromatic carbocycles. The summed E-state index contributed by atoms with van der Waals surface area (Å²) in [5.74, 6) is 0.420. The number of aldehydes is 1. The highest BCUT2D eigenvalue weighted by Gasteiger charge is 2.16. The van der Waals surface area contributed by atoms with Gasteiger partial charge in [-0.05, 0) is 29.0 Å². The van der Waals surface area contributed by atoms with E-state index in [4.69, 9.17) is 4.74 Å². The van der Waals surface area contributed by atoms with E-state index in [1.807, 2.05) is 26.8 Å². The summed E-state index contributed by atoms with van der Waals surface area (Å²) in [6.45, 7) is 5.83. The molecule has 0 fully saturated rings. The fourth-order valence-electron chi connectivity index (χ4n) is 1.86. The Kier molecular flexibility index (Phi) is 4.67. The van der Waals surface area contributed by atoms with Gasteiger partial charge >= 0.3 is 0 Å². The third kappa shape index (κ3) is 3.05. The Morgan fingerprint density at radius 2 is 1.94 bits per heavy atom. The molecule has 1 rings (SSSR count). The molecule has 0 aliphatic rings. The van der Waals surface area contributed by atoms with Gasteiger partial charge in [-0.2, -0.15) is 0 Å². The number of halogens is 1. The molecule has 0 aliphatic carbocycles. The third-order valence-corrected chi connectivity index (χ3v) is 2.95. The van der Waals surface area contributed by atoms with Crippen molar-refractivity contribution in [2.45, 2.75) is 39.0 Å². The predicted octanol–water partition coefficient (Wildman–Crippen LogP) is 3.65. The fourth-order valence-corrected chi connectivity index (χ4v) is 1.86. The quantitative estimate of drug-likeness (QED) is 0.732. The first-order valence-corrected chi connectivity index (χ1v) is 5.82. The van der Waals surface area contributed by atoms with Crippen LogP contribution in [0.15, 0.2) is 12.1 Å². The van der Waals surface area contributed by atoms with Gasteiger partial charge < -0.3 is 9.53 Å². The predicted molar refractivity (Wildman–Crippen MR) is 66.1 cm³/mol. The van der Waals surface area contributed by atoms with Crippen molar-refractivity contribution in [3.05, 3.63) is 29.1 Å². The van der Waals surface area contributed by atoms with Gasteiger partial charge in [0.2, 0.25) is 0 Å². The summed E-state index contributed by atoms with van der Waals surface area (Å²) in [6, 6.07) is 3.22. The zero-order chi connectivity index (χ0) is 13.0. The molecule has 94 valence electrons. The number of ether oxygens (including phenoxy) is 1. The van der Waals surface area contributed by atoms with Crippen molar-refractivity contribution in [3.63, 3.8) is 0 Å². The van der Waals surface area contributed by atoms with Crippen molar-refractivity contribution in [3.8, 4) is 5.75 Å². The number of hydrogen-bond acceptors (Lipinski definition) is 2. The molecule has 1 unspecified atom stereocenters. The number of rotatable bonds is 5. The molecule has 0 saturated heterocycles.